The molecule has 1 aromatic rings. The topological polar surface area (TPSA) is 29.3 Å². The molecule has 0 spiro atoms. The Labute approximate surface area is 109 Å². The summed E-state index contributed by atoms with van der Waals surface area (Å²) in [4.78, 5) is 2.49. The number of benzene rings is 1. The van der Waals surface area contributed by atoms with Crippen LogP contribution in [0.4, 0.5) is 0 Å². The standard InChI is InChI=1S/C14H21ClN2/c1-10-8-17(9-11(10)2)14(7-16)12-4-3-5-13(15)6-12/h3-6,10-11,14H,7-9,16H2,1-2H3. The van der Waals surface area contributed by atoms with Gasteiger partial charge in [0.25, 0.3) is 0 Å². The summed E-state index contributed by atoms with van der Waals surface area (Å²) in [5, 5.41) is 0.793. The molecule has 2 nitrogen and oxygen atoms in total. The van der Waals surface area contributed by atoms with E-state index in [9.17, 15) is 0 Å². The van der Waals surface area contributed by atoms with E-state index in [4.69, 9.17) is 17.3 Å². The van der Waals surface area contributed by atoms with Crippen molar-refractivity contribution in [1.29, 1.82) is 0 Å². The van der Waals surface area contributed by atoms with Crippen molar-refractivity contribution in [1.82, 2.24) is 4.90 Å². The maximum Gasteiger partial charge on any atom is 0.0471 e. The lowest BCUT2D eigenvalue weighted by molar-refractivity contribution is 0.240. The van der Waals surface area contributed by atoms with E-state index in [0.29, 0.717) is 12.6 Å². The summed E-state index contributed by atoms with van der Waals surface area (Å²) in [6.07, 6.45) is 0. The normalized spacial score (nSPS) is 27.3. The summed E-state index contributed by atoms with van der Waals surface area (Å²) in [6, 6.07) is 8.38. The van der Waals surface area contributed by atoms with Crippen molar-refractivity contribution in [2.24, 2.45) is 17.6 Å². The minimum Gasteiger partial charge on any atom is -0.329 e. The van der Waals surface area contributed by atoms with Gasteiger partial charge in [0, 0.05) is 30.7 Å². The van der Waals surface area contributed by atoms with Crippen molar-refractivity contribution in [3.63, 3.8) is 0 Å². The van der Waals surface area contributed by atoms with Gasteiger partial charge in [0.05, 0.1) is 0 Å². The average molecular weight is 253 g/mol. The first-order valence-corrected chi connectivity index (χ1v) is 6.69. The minimum atomic E-state index is 0.307. The molecular formula is C14H21ClN2. The van der Waals surface area contributed by atoms with E-state index >= 15 is 0 Å². The molecule has 1 fully saturated rings. The molecule has 3 unspecified atom stereocenters. The predicted octanol–water partition coefficient (Wildman–Crippen LogP) is 2.93. The molecule has 1 heterocycles. The Morgan fingerprint density at radius 2 is 2.00 bits per heavy atom. The second-order valence-electron chi connectivity index (χ2n) is 5.21. The molecule has 17 heavy (non-hydrogen) atoms. The SMILES string of the molecule is CC1CN(C(CN)c2cccc(Cl)c2)CC1C. The molecule has 1 aliphatic rings. The zero-order valence-corrected chi connectivity index (χ0v) is 11.3. The highest BCUT2D eigenvalue weighted by atomic mass is 35.5. The van der Waals surface area contributed by atoms with E-state index in [1.165, 1.54) is 5.56 Å². The van der Waals surface area contributed by atoms with Crippen LogP contribution < -0.4 is 5.73 Å². The van der Waals surface area contributed by atoms with Crippen LogP contribution in [0.2, 0.25) is 5.02 Å². The Morgan fingerprint density at radius 3 is 2.53 bits per heavy atom. The van der Waals surface area contributed by atoms with Crippen LogP contribution in [-0.4, -0.2) is 24.5 Å². The van der Waals surface area contributed by atoms with Crippen LogP contribution in [0.15, 0.2) is 24.3 Å². The number of halogens is 1. The highest BCUT2D eigenvalue weighted by molar-refractivity contribution is 6.30. The molecule has 0 bridgehead atoms. The molecule has 3 heteroatoms. The van der Waals surface area contributed by atoms with Gasteiger partial charge in [0.15, 0.2) is 0 Å². The number of hydrogen-bond donors (Lipinski definition) is 1. The predicted molar refractivity (Wildman–Crippen MR) is 73.1 cm³/mol. The van der Waals surface area contributed by atoms with E-state index in [1.54, 1.807) is 0 Å². The van der Waals surface area contributed by atoms with E-state index in [1.807, 2.05) is 18.2 Å². The third-order valence-electron chi connectivity index (χ3n) is 3.91. The van der Waals surface area contributed by atoms with Crippen molar-refractivity contribution in [3.05, 3.63) is 34.9 Å². The summed E-state index contributed by atoms with van der Waals surface area (Å²) in [5.74, 6) is 1.51. The van der Waals surface area contributed by atoms with Gasteiger partial charge < -0.3 is 5.73 Å². The molecule has 2 rings (SSSR count). The van der Waals surface area contributed by atoms with E-state index in [0.717, 1.165) is 29.9 Å². The highest BCUT2D eigenvalue weighted by Gasteiger charge is 2.31. The third kappa shape index (κ3) is 2.82. The van der Waals surface area contributed by atoms with Gasteiger partial charge in [-0.1, -0.05) is 37.6 Å². The van der Waals surface area contributed by atoms with Gasteiger partial charge in [0.1, 0.15) is 0 Å². The molecule has 0 amide bonds. The lowest BCUT2D eigenvalue weighted by Crippen LogP contribution is -2.32. The Bertz CT molecular complexity index is 370. The van der Waals surface area contributed by atoms with Crippen LogP contribution in [0.25, 0.3) is 0 Å². The number of rotatable bonds is 3. The highest BCUT2D eigenvalue weighted by Crippen LogP contribution is 2.31. The zero-order valence-electron chi connectivity index (χ0n) is 10.6. The van der Waals surface area contributed by atoms with Crippen LogP contribution in [0.5, 0.6) is 0 Å². The lowest BCUT2D eigenvalue weighted by atomic mass is 10.0. The van der Waals surface area contributed by atoms with E-state index in [-0.39, 0.29) is 0 Å². The van der Waals surface area contributed by atoms with Crippen molar-refractivity contribution in [2.45, 2.75) is 19.9 Å². The molecule has 1 aromatic carbocycles. The molecule has 0 aliphatic carbocycles. The van der Waals surface area contributed by atoms with Crippen molar-refractivity contribution in [3.8, 4) is 0 Å². The van der Waals surface area contributed by atoms with Gasteiger partial charge in [-0.25, -0.2) is 0 Å². The smallest absolute Gasteiger partial charge is 0.0471 e. The Kier molecular flexibility index (Phi) is 4.08. The second-order valence-corrected chi connectivity index (χ2v) is 5.65. The van der Waals surface area contributed by atoms with Crippen LogP contribution in [0, 0.1) is 11.8 Å². The van der Waals surface area contributed by atoms with Crippen LogP contribution in [0.1, 0.15) is 25.5 Å². The first-order valence-electron chi connectivity index (χ1n) is 6.31. The van der Waals surface area contributed by atoms with Gasteiger partial charge in [0.2, 0.25) is 0 Å². The molecule has 1 aliphatic heterocycles. The minimum absolute atomic E-state index is 0.307. The number of likely N-dealkylation sites (tertiary alicyclic amines) is 1. The van der Waals surface area contributed by atoms with Crippen LogP contribution in [0.3, 0.4) is 0 Å². The maximum absolute atomic E-state index is 6.05. The molecule has 0 radical (unpaired) electrons. The van der Waals surface area contributed by atoms with E-state index < -0.39 is 0 Å². The van der Waals surface area contributed by atoms with Gasteiger partial charge >= 0.3 is 0 Å². The largest absolute Gasteiger partial charge is 0.329 e. The third-order valence-corrected chi connectivity index (χ3v) is 4.15. The first-order chi connectivity index (χ1) is 8.11. The molecule has 0 saturated carbocycles. The maximum atomic E-state index is 6.05. The molecule has 0 aromatic heterocycles. The van der Waals surface area contributed by atoms with Gasteiger partial charge in [-0.15, -0.1) is 0 Å². The van der Waals surface area contributed by atoms with Gasteiger partial charge in [-0.05, 0) is 29.5 Å². The Morgan fingerprint density at radius 1 is 1.35 bits per heavy atom. The Hall–Kier alpha value is -0.570. The molecular weight excluding hydrogens is 232 g/mol. The van der Waals surface area contributed by atoms with Crippen molar-refractivity contribution < 1.29 is 0 Å². The number of nitrogens with two attached hydrogens (primary N) is 1. The monoisotopic (exact) mass is 252 g/mol. The first kappa shape index (κ1) is 12.9. The van der Waals surface area contributed by atoms with Gasteiger partial charge in [-0.2, -0.15) is 0 Å². The number of hydrogen-bond acceptors (Lipinski definition) is 2. The average Bonchev–Trinajstić information content (AvgIpc) is 2.60. The van der Waals surface area contributed by atoms with E-state index in [2.05, 4.69) is 24.8 Å². The van der Waals surface area contributed by atoms with Crippen LogP contribution in [-0.2, 0) is 0 Å². The fraction of sp³-hybridized carbons (Fsp3) is 0.571. The van der Waals surface area contributed by atoms with Crippen molar-refractivity contribution >= 4 is 11.6 Å². The quantitative estimate of drug-likeness (QED) is 0.896. The molecule has 94 valence electrons. The summed E-state index contributed by atoms with van der Waals surface area (Å²) in [6.45, 7) is 7.55. The fourth-order valence-corrected chi connectivity index (χ4v) is 2.84. The van der Waals surface area contributed by atoms with Crippen molar-refractivity contribution in [2.75, 3.05) is 19.6 Å². The molecule has 2 N–H and O–H groups in total. The Balaban J connectivity index is 2.17. The summed E-state index contributed by atoms with van der Waals surface area (Å²) >= 11 is 6.05. The number of nitrogens with zero attached hydrogens (tertiary/aromatic N) is 1. The summed E-state index contributed by atoms with van der Waals surface area (Å²) in [7, 11) is 0. The second kappa shape index (κ2) is 5.38. The summed E-state index contributed by atoms with van der Waals surface area (Å²) < 4.78 is 0. The molecule has 1 saturated heterocycles. The van der Waals surface area contributed by atoms with Crippen LogP contribution >= 0.6 is 11.6 Å². The fourth-order valence-electron chi connectivity index (χ4n) is 2.64. The zero-order chi connectivity index (χ0) is 12.4. The van der Waals surface area contributed by atoms with Gasteiger partial charge in [-0.3, -0.25) is 4.90 Å². The summed E-state index contributed by atoms with van der Waals surface area (Å²) in [5.41, 5.74) is 7.18. The molecule has 3 atom stereocenters. The lowest BCUT2D eigenvalue weighted by Gasteiger charge is -2.27.